The zero-order valence-corrected chi connectivity index (χ0v) is 64.7. The Morgan fingerprint density at radius 3 is 0.991 bits per heavy atom. The predicted molar refractivity (Wildman–Crippen MR) is 402 cm³/mol. The van der Waals surface area contributed by atoms with Crippen molar-refractivity contribution in [3.8, 4) is 0 Å². The number of amides is 11. The van der Waals surface area contributed by atoms with Crippen LogP contribution in [-0.4, -0.2) is 211 Å². The first-order chi connectivity index (χ1) is 50.2. The minimum Gasteiger partial charge on any atom is -0.425 e. The maximum atomic E-state index is 13.3. The normalized spacial score (nSPS) is 23.8. The van der Waals surface area contributed by atoms with Crippen LogP contribution < -0.4 is 64.8 Å². The third-order valence-electron chi connectivity index (χ3n) is 20.9. The Morgan fingerprint density at radius 1 is 0.385 bits per heavy atom. The molecular weight excluding hydrogens is 1420 g/mol. The third kappa shape index (κ3) is 21.5. The van der Waals surface area contributed by atoms with E-state index >= 15 is 0 Å². The number of nitrogens with zero attached hydrogens (tertiary/aromatic N) is 8. The summed E-state index contributed by atoms with van der Waals surface area (Å²) in [6.07, 6.45) is -0.364. The largest absolute Gasteiger partial charge is 0.425 e. The molecule has 10 heterocycles. The van der Waals surface area contributed by atoms with Crippen LogP contribution in [0.15, 0.2) is 74.3 Å². The van der Waals surface area contributed by atoms with Gasteiger partial charge in [0.25, 0.3) is 63.6 Å². The van der Waals surface area contributed by atoms with Crippen molar-refractivity contribution in [1.29, 1.82) is 0 Å². The molecule has 6 aliphatic heterocycles. The smallest absolute Gasteiger partial charge is 0.296 e. The molecule has 6 aliphatic rings. The van der Waals surface area contributed by atoms with Gasteiger partial charge in [-0.1, -0.05) is 41.7 Å². The molecule has 12 N–H and O–H groups in total. The van der Waals surface area contributed by atoms with E-state index in [0.29, 0.717) is 51.9 Å². The molecule has 35 heteroatoms. The molecule has 10 rings (SSSR count). The molecule has 0 saturated carbocycles. The van der Waals surface area contributed by atoms with Gasteiger partial charge in [0.2, 0.25) is 23.6 Å². The molecule has 8 bridgehead atoms. The summed E-state index contributed by atoms with van der Waals surface area (Å²) in [7, 11) is 0. The van der Waals surface area contributed by atoms with Crippen LogP contribution in [-0.2, 0) is 19.2 Å². The highest BCUT2D eigenvalue weighted by molar-refractivity contribution is 6.00. The SMILES string of the molecule is C.C=C1NCCCN(C(C)=O)CCC(C)C(C)N(C(C)=O)C(C)(C)C(C)C(C)NC(=O)c2ccc(c(=O)n2O)C(=O)NC(C)NC(=O)c2ccc1n(O)c2=O.CC(=O)N1CCCNC(=O)c2ccc(n(O)c2=O)C(=O)NC(C)NC(=O)c2ccc(c(=O)n2O)C(=O)NC(C)C(C)C(C)(C)N(C(C)=O)C(C)C(C)CC1. The van der Waals surface area contributed by atoms with Crippen LogP contribution >= 0.6 is 0 Å². The summed E-state index contributed by atoms with van der Waals surface area (Å²) in [5.41, 5.74) is -9.56. The van der Waals surface area contributed by atoms with Crippen LogP contribution in [0.4, 0.5) is 0 Å². The van der Waals surface area contributed by atoms with Crippen LogP contribution in [0.5, 0.6) is 0 Å². The molecule has 0 fully saturated rings. The van der Waals surface area contributed by atoms with E-state index in [1.54, 1.807) is 33.4 Å². The van der Waals surface area contributed by atoms with E-state index in [9.17, 15) is 92.7 Å². The summed E-state index contributed by atoms with van der Waals surface area (Å²) in [5.74, 6) is -7.95. The number of carbonyl (C=O) groups excluding carboxylic acids is 11. The van der Waals surface area contributed by atoms with Crippen molar-refractivity contribution in [3.05, 3.63) is 142 Å². The van der Waals surface area contributed by atoms with Gasteiger partial charge >= 0.3 is 0 Å². The Morgan fingerprint density at radius 2 is 0.661 bits per heavy atom. The van der Waals surface area contributed by atoms with Crippen LogP contribution in [0.3, 0.4) is 0 Å². The summed E-state index contributed by atoms with van der Waals surface area (Å²) in [6, 6.07) is 7.11. The lowest BCUT2D eigenvalue weighted by molar-refractivity contribution is -0.142. The molecule has 35 nitrogen and oxygen atoms in total. The van der Waals surface area contributed by atoms with Gasteiger partial charge in [-0.05, 0) is 167 Å². The van der Waals surface area contributed by atoms with Crippen LogP contribution in [0, 0.1) is 23.7 Å². The van der Waals surface area contributed by atoms with Crippen molar-refractivity contribution in [2.45, 2.75) is 205 Å². The Labute approximate surface area is 632 Å². The zero-order chi connectivity index (χ0) is 81.6. The quantitative estimate of drug-likeness (QED) is 0.113. The fourth-order valence-electron chi connectivity index (χ4n) is 13.4. The van der Waals surface area contributed by atoms with Crippen molar-refractivity contribution < 1.29 is 73.6 Å². The van der Waals surface area contributed by atoms with E-state index in [4.69, 9.17) is 0 Å². The lowest BCUT2D eigenvalue weighted by Gasteiger charge is -2.49. The Kier molecular flexibility index (Phi) is 31.4. The Balaban J connectivity index is 0.000000456. The molecule has 4 aromatic heterocycles. The van der Waals surface area contributed by atoms with E-state index in [1.165, 1.54) is 53.7 Å². The maximum Gasteiger partial charge on any atom is 0.296 e. The Bertz CT molecular complexity index is 4350. The van der Waals surface area contributed by atoms with Crippen molar-refractivity contribution >= 4 is 70.7 Å². The summed E-state index contributed by atoms with van der Waals surface area (Å²) >= 11 is 0. The molecule has 10 atom stereocenters. The topological polar surface area (TPSA) is 466 Å². The minimum atomic E-state index is -1.20. The highest BCUT2D eigenvalue weighted by Crippen LogP contribution is 2.34. The predicted octanol–water partition coefficient (Wildman–Crippen LogP) is 3.00. The monoisotopic (exact) mass is 1530 g/mol. The van der Waals surface area contributed by atoms with Gasteiger partial charge in [-0.25, -0.2) is 0 Å². The molecule has 109 heavy (non-hydrogen) atoms. The maximum absolute atomic E-state index is 13.3. The van der Waals surface area contributed by atoms with Gasteiger partial charge in [-0.2, -0.15) is 0 Å². The average molecular weight is 1530 g/mol. The lowest BCUT2D eigenvalue weighted by Crippen LogP contribution is -2.60. The van der Waals surface area contributed by atoms with E-state index in [2.05, 4.69) is 49.1 Å². The van der Waals surface area contributed by atoms with E-state index in [0.717, 1.165) is 36.4 Å². The summed E-state index contributed by atoms with van der Waals surface area (Å²) < 4.78 is 0.304. The van der Waals surface area contributed by atoms with Gasteiger partial charge in [-0.3, -0.25) is 71.9 Å². The van der Waals surface area contributed by atoms with Crippen LogP contribution in [0.25, 0.3) is 5.70 Å². The van der Waals surface area contributed by atoms with Gasteiger partial charge in [0.15, 0.2) is 0 Å². The fourth-order valence-corrected chi connectivity index (χ4v) is 13.4. The van der Waals surface area contributed by atoms with Gasteiger partial charge in [0, 0.05) is 102 Å². The molecule has 11 amide bonds. The number of fused-ring (bicyclic) bond motifs is 4. The van der Waals surface area contributed by atoms with E-state index in [1.807, 2.05) is 69.2 Å². The van der Waals surface area contributed by atoms with Crippen molar-refractivity contribution in [1.82, 2.24) is 81.1 Å². The fraction of sp³-hybridized carbons (Fsp3) is 0.554. The highest BCUT2D eigenvalue weighted by Gasteiger charge is 2.44. The zero-order valence-electron chi connectivity index (χ0n) is 64.7. The van der Waals surface area contributed by atoms with Crippen molar-refractivity contribution in [3.63, 3.8) is 0 Å². The second-order valence-corrected chi connectivity index (χ2v) is 28.9. The number of pyridine rings is 4. The van der Waals surface area contributed by atoms with E-state index in [-0.39, 0.29) is 110 Å². The van der Waals surface area contributed by atoms with Crippen LogP contribution in [0.2, 0.25) is 0 Å². The van der Waals surface area contributed by atoms with Crippen molar-refractivity contribution in [2.24, 2.45) is 23.7 Å². The highest BCUT2D eigenvalue weighted by atomic mass is 16.5. The third-order valence-corrected chi connectivity index (χ3v) is 20.9. The second-order valence-electron chi connectivity index (χ2n) is 28.9. The average Bonchev–Trinajstić information content (AvgIpc) is 0.880. The first kappa shape index (κ1) is 90.1. The summed E-state index contributed by atoms with van der Waals surface area (Å²) in [5, 5.41) is 62.9. The summed E-state index contributed by atoms with van der Waals surface area (Å²) in [4.78, 5) is 201. The lowest BCUT2D eigenvalue weighted by atomic mass is 9.80. The van der Waals surface area contributed by atoms with Crippen molar-refractivity contribution in [2.75, 3.05) is 39.3 Å². The van der Waals surface area contributed by atoms with Crippen LogP contribution in [0.1, 0.15) is 236 Å². The first-order valence-corrected chi connectivity index (χ1v) is 35.7. The summed E-state index contributed by atoms with van der Waals surface area (Å²) in [6.45, 7) is 36.9. The Hall–Kier alpha value is -11.3. The molecule has 0 aliphatic carbocycles. The molecule has 0 spiro atoms. The molecule has 0 radical (unpaired) electrons. The molecule has 0 saturated heterocycles. The number of hydrogen-bond donors (Lipinski definition) is 12. The van der Waals surface area contributed by atoms with E-state index < -0.39 is 138 Å². The number of nitrogens with one attached hydrogen (secondary N) is 8. The van der Waals surface area contributed by atoms with Gasteiger partial charge in [-0.15, -0.1) is 18.9 Å². The molecule has 10 unspecified atom stereocenters. The molecule has 600 valence electrons. The number of hydrogen-bond acceptors (Lipinski definition) is 20. The van der Waals surface area contributed by atoms with Gasteiger partial charge in [0.05, 0.1) is 18.0 Å². The molecule has 0 aromatic carbocycles. The first-order valence-electron chi connectivity index (χ1n) is 35.7. The number of aromatic nitrogens is 4. The standard InChI is InChI=1S/C37H54N8O9.C36H52N8O10.CH4/c1-20-16-19-42(26(7)46)18-11-17-38-23(4)30-14-12-28(35(51)44(30)53)32(48)40-25(6)41-33(49)29-13-15-31(45(54)36(29)52)34(50)39-22(3)21(2)37(9,10)43(24(20)5)27(8)47;1-19-15-18-41(24(6)45)17-10-16-37-30(47)26-11-13-28(43(53)34(26)51)32(49)39-23(5)40-33(50)29-14-12-27(35(52)44(29)54)31(48)38-21(3)20(2)36(8,9)42(22(19)4)25(7)46;/h12-15,20-22,24-25,38,53-54H,4,11,16-19H2,1-3,5-10H3,(H,39,50)(H,40,48)(H,41,49);11-14,19-23,53-54H,10,15-18H2,1-9H3,(H,37,47)(H,38,48)(H,39,49)(H,40,50);1H4. The number of carbonyl (C=O) groups is 11. The van der Waals surface area contributed by atoms with Gasteiger partial charge in [0.1, 0.15) is 45.0 Å². The molecular formula is C74H110N16O19. The number of rotatable bonds is 0. The second kappa shape index (κ2) is 38.0. The van der Waals surface area contributed by atoms with Gasteiger partial charge < -0.3 is 83.0 Å². The molecule has 4 aromatic rings. The minimum absolute atomic E-state index is 0.